The molecule has 0 saturated carbocycles. The van der Waals surface area contributed by atoms with E-state index >= 15 is 0 Å². The molecule has 0 aromatic heterocycles. The fraction of sp³-hybridized carbons (Fsp3) is 0.143. The van der Waals surface area contributed by atoms with Crippen LogP contribution in [0.25, 0.3) is 6.08 Å². The predicted octanol–water partition coefficient (Wildman–Crippen LogP) is 4.20. The molecule has 1 amide bonds. The lowest BCUT2D eigenvalue weighted by Gasteiger charge is -2.12. The zero-order valence-electron chi connectivity index (χ0n) is 16.7. The Morgan fingerprint density at radius 2 is 1.81 bits per heavy atom. The van der Waals surface area contributed by atoms with E-state index in [-0.39, 0.29) is 22.5 Å². The van der Waals surface area contributed by atoms with Gasteiger partial charge in [-0.2, -0.15) is 8.42 Å². The van der Waals surface area contributed by atoms with E-state index in [1.807, 2.05) is 0 Å². The van der Waals surface area contributed by atoms with Crippen LogP contribution in [0.3, 0.4) is 0 Å². The number of rotatable bonds is 7. The highest BCUT2D eigenvalue weighted by Gasteiger charge is 2.34. The number of ether oxygens (including phenoxy) is 2. The Bertz CT molecular complexity index is 1170. The predicted molar refractivity (Wildman–Crippen MR) is 123 cm³/mol. The molecule has 2 aromatic carbocycles. The quantitative estimate of drug-likeness (QED) is 0.438. The molecule has 1 saturated heterocycles. The molecular formula is C21H19ClN2O5S2. The summed E-state index contributed by atoms with van der Waals surface area (Å²) in [6, 6.07) is 10.9. The molecule has 1 heterocycles. The second-order valence-electron chi connectivity index (χ2n) is 6.23. The summed E-state index contributed by atoms with van der Waals surface area (Å²) in [6.07, 6.45) is 3.14. The van der Waals surface area contributed by atoms with E-state index in [2.05, 4.69) is 11.0 Å². The fourth-order valence-electron chi connectivity index (χ4n) is 2.72. The molecule has 1 aliphatic rings. The Morgan fingerprint density at radius 1 is 1.13 bits per heavy atom. The number of halogens is 1. The van der Waals surface area contributed by atoms with Gasteiger partial charge in [0.15, 0.2) is 16.7 Å². The number of amides is 1. The molecule has 162 valence electrons. The second kappa shape index (κ2) is 9.59. The fourth-order valence-corrected chi connectivity index (χ4v) is 5.04. The van der Waals surface area contributed by atoms with Crippen LogP contribution in [0.15, 0.2) is 69.3 Å². The average molecular weight is 479 g/mol. The maximum Gasteiger partial charge on any atom is 0.284 e. The number of sulfonamides is 1. The van der Waals surface area contributed by atoms with Crippen LogP contribution >= 0.6 is 23.4 Å². The number of hydrogen-bond donors (Lipinski definition) is 0. The first-order chi connectivity index (χ1) is 14.8. The van der Waals surface area contributed by atoms with Crippen LogP contribution in [-0.2, 0) is 14.8 Å². The van der Waals surface area contributed by atoms with Gasteiger partial charge in [-0.25, -0.2) is 0 Å². The summed E-state index contributed by atoms with van der Waals surface area (Å²) in [5.41, 5.74) is 0.689. The van der Waals surface area contributed by atoms with E-state index in [0.717, 1.165) is 11.8 Å². The summed E-state index contributed by atoms with van der Waals surface area (Å²) < 4.78 is 39.8. The van der Waals surface area contributed by atoms with Gasteiger partial charge in [0.1, 0.15) is 0 Å². The number of carbonyl (C=O) groups excluding carboxylic acids is 1. The number of carbonyl (C=O) groups is 1. The van der Waals surface area contributed by atoms with Crippen LogP contribution in [0.5, 0.6) is 11.5 Å². The highest BCUT2D eigenvalue weighted by molar-refractivity contribution is 8.19. The summed E-state index contributed by atoms with van der Waals surface area (Å²) >= 11 is 6.80. The van der Waals surface area contributed by atoms with Gasteiger partial charge >= 0.3 is 0 Å². The molecular weight excluding hydrogens is 460 g/mol. The molecule has 0 bridgehead atoms. The summed E-state index contributed by atoms with van der Waals surface area (Å²) in [5, 5.41) is 0.456. The molecule has 7 nitrogen and oxygen atoms in total. The van der Waals surface area contributed by atoms with E-state index < -0.39 is 10.0 Å². The molecule has 1 fully saturated rings. The molecule has 0 unspecified atom stereocenters. The van der Waals surface area contributed by atoms with Crippen LogP contribution in [0.4, 0.5) is 0 Å². The van der Waals surface area contributed by atoms with Crippen LogP contribution in [-0.4, -0.2) is 45.2 Å². The van der Waals surface area contributed by atoms with E-state index in [1.54, 1.807) is 24.3 Å². The SMILES string of the molecule is C=CCN1C(=O)/C(=C/c2ccc(OC)c(OC)c2)SC1=NS(=O)(=O)c1ccc(Cl)cc1. The molecule has 31 heavy (non-hydrogen) atoms. The molecule has 0 atom stereocenters. The molecule has 0 spiro atoms. The zero-order valence-corrected chi connectivity index (χ0v) is 19.1. The van der Waals surface area contributed by atoms with Crippen LogP contribution in [0, 0.1) is 0 Å². The molecule has 0 N–H and O–H groups in total. The second-order valence-corrected chi connectivity index (χ2v) is 9.28. The van der Waals surface area contributed by atoms with Gasteiger partial charge in [-0.15, -0.1) is 11.0 Å². The first kappa shape index (κ1) is 22.9. The maximum atomic E-state index is 12.9. The van der Waals surface area contributed by atoms with Gasteiger partial charge in [0.2, 0.25) is 0 Å². The number of benzene rings is 2. The first-order valence-electron chi connectivity index (χ1n) is 8.94. The van der Waals surface area contributed by atoms with Crippen molar-refractivity contribution in [3.05, 3.63) is 70.6 Å². The van der Waals surface area contributed by atoms with Crippen molar-refractivity contribution in [3.63, 3.8) is 0 Å². The lowest BCUT2D eigenvalue weighted by molar-refractivity contribution is -0.121. The molecule has 3 rings (SSSR count). The lowest BCUT2D eigenvalue weighted by Crippen LogP contribution is -2.29. The van der Waals surface area contributed by atoms with Crippen molar-refractivity contribution in [1.29, 1.82) is 0 Å². The Labute approximate surface area is 190 Å². The van der Waals surface area contributed by atoms with E-state index in [0.29, 0.717) is 27.0 Å². The number of amidine groups is 1. The van der Waals surface area contributed by atoms with Crippen LogP contribution < -0.4 is 9.47 Å². The van der Waals surface area contributed by atoms with Crippen molar-refractivity contribution in [3.8, 4) is 11.5 Å². The summed E-state index contributed by atoms with van der Waals surface area (Å²) in [7, 11) is -0.987. The highest BCUT2D eigenvalue weighted by Crippen LogP contribution is 2.35. The molecule has 1 aliphatic heterocycles. The van der Waals surface area contributed by atoms with E-state index in [9.17, 15) is 13.2 Å². The Kier molecular flexibility index (Phi) is 7.09. The van der Waals surface area contributed by atoms with Gasteiger partial charge in [0.25, 0.3) is 15.9 Å². The number of hydrogen-bond acceptors (Lipinski definition) is 6. The van der Waals surface area contributed by atoms with Gasteiger partial charge in [0.05, 0.1) is 24.0 Å². The Hall–Kier alpha value is -2.75. The van der Waals surface area contributed by atoms with E-state index in [1.165, 1.54) is 49.5 Å². The lowest BCUT2D eigenvalue weighted by atomic mass is 10.2. The van der Waals surface area contributed by atoms with Gasteiger partial charge in [0, 0.05) is 11.6 Å². The third-order valence-corrected chi connectivity index (χ3v) is 6.87. The summed E-state index contributed by atoms with van der Waals surface area (Å²) in [5.74, 6) is 0.693. The highest BCUT2D eigenvalue weighted by atomic mass is 35.5. The number of thioether (sulfide) groups is 1. The topological polar surface area (TPSA) is 85.3 Å². The average Bonchev–Trinajstić information content (AvgIpc) is 3.02. The summed E-state index contributed by atoms with van der Waals surface area (Å²) in [6.45, 7) is 3.75. The van der Waals surface area contributed by atoms with Crippen molar-refractivity contribution in [2.75, 3.05) is 20.8 Å². The molecule has 10 heteroatoms. The Morgan fingerprint density at radius 3 is 2.42 bits per heavy atom. The zero-order chi connectivity index (χ0) is 22.6. The van der Waals surface area contributed by atoms with Gasteiger partial charge in [-0.1, -0.05) is 23.7 Å². The van der Waals surface area contributed by atoms with Crippen LogP contribution in [0.2, 0.25) is 5.02 Å². The van der Waals surface area contributed by atoms with Crippen molar-refractivity contribution >= 4 is 50.5 Å². The minimum Gasteiger partial charge on any atom is -0.493 e. The van der Waals surface area contributed by atoms with Crippen molar-refractivity contribution < 1.29 is 22.7 Å². The van der Waals surface area contributed by atoms with Crippen molar-refractivity contribution in [2.45, 2.75) is 4.90 Å². The van der Waals surface area contributed by atoms with Gasteiger partial charge in [-0.05, 0) is 59.8 Å². The Balaban J connectivity index is 1.99. The third kappa shape index (κ3) is 5.12. The van der Waals surface area contributed by atoms with Crippen molar-refractivity contribution in [1.82, 2.24) is 4.90 Å². The molecule has 0 aliphatic carbocycles. The third-order valence-electron chi connectivity index (χ3n) is 4.21. The monoisotopic (exact) mass is 478 g/mol. The largest absolute Gasteiger partial charge is 0.493 e. The number of methoxy groups -OCH3 is 2. The normalized spacial score (nSPS) is 16.7. The van der Waals surface area contributed by atoms with Gasteiger partial charge in [-0.3, -0.25) is 9.69 Å². The standard InChI is InChI=1S/C21H19ClN2O5S2/c1-4-11-24-20(25)19(13-14-5-10-17(28-2)18(12-14)29-3)30-21(24)23-31(26,27)16-8-6-15(22)7-9-16/h4-10,12-13H,1,11H2,2-3H3/b19-13-,23-21?. The van der Waals surface area contributed by atoms with Gasteiger partial charge < -0.3 is 9.47 Å². The maximum absolute atomic E-state index is 12.9. The van der Waals surface area contributed by atoms with E-state index in [4.69, 9.17) is 21.1 Å². The van der Waals surface area contributed by atoms with Crippen molar-refractivity contribution in [2.24, 2.45) is 4.40 Å². The van der Waals surface area contributed by atoms with Crippen LogP contribution in [0.1, 0.15) is 5.56 Å². The molecule has 0 radical (unpaired) electrons. The summed E-state index contributed by atoms with van der Waals surface area (Å²) in [4.78, 5) is 14.5. The minimum absolute atomic E-state index is 0.0201. The smallest absolute Gasteiger partial charge is 0.284 e. The number of nitrogens with zero attached hydrogens (tertiary/aromatic N) is 2. The first-order valence-corrected chi connectivity index (χ1v) is 11.6. The minimum atomic E-state index is -4.03. The molecule has 2 aromatic rings.